The molecule has 0 aliphatic heterocycles. The van der Waals surface area contributed by atoms with Gasteiger partial charge in [0.15, 0.2) is 11.6 Å². The van der Waals surface area contributed by atoms with Crippen LogP contribution >= 0.6 is 15.9 Å². The van der Waals surface area contributed by atoms with Crippen LogP contribution in [-0.4, -0.2) is 11.1 Å². The van der Waals surface area contributed by atoms with Gasteiger partial charge in [-0.15, -0.1) is 0 Å². The zero-order valence-corrected chi connectivity index (χ0v) is 11.4. The molecule has 0 aliphatic carbocycles. The normalized spacial score (nSPS) is 10.2. The lowest BCUT2D eigenvalue weighted by Gasteiger charge is -2.09. The third kappa shape index (κ3) is 3.32. The molecule has 1 N–H and O–H groups in total. The van der Waals surface area contributed by atoms with E-state index >= 15 is 0 Å². The molecule has 19 heavy (non-hydrogen) atoms. The first kappa shape index (κ1) is 13.5. The zero-order chi connectivity index (χ0) is 13.8. The van der Waals surface area contributed by atoms with E-state index in [0.717, 1.165) is 11.6 Å². The van der Waals surface area contributed by atoms with Gasteiger partial charge in [0, 0.05) is 4.47 Å². The van der Waals surface area contributed by atoms with Gasteiger partial charge in [-0.2, -0.15) is 0 Å². The van der Waals surface area contributed by atoms with Crippen LogP contribution in [0.15, 0.2) is 46.9 Å². The Balaban J connectivity index is 2.17. The second kappa shape index (κ2) is 5.84. The van der Waals surface area contributed by atoms with Gasteiger partial charge in [-0.1, -0.05) is 30.3 Å². The van der Waals surface area contributed by atoms with Crippen LogP contribution in [0.5, 0.6) is 5.75 Å². The molecule has 0 saturated heterocycles. The van der Waals surface area contributed by atoms with Crippen molar-refractivity contribution < 1.29 is 19.0 Å². The number of aromatic carboxylic acids is 1. The van der Waals surface area contributed by atoms with Crippen LogP contribution in [0, 0.1) is 5.82 Å². The fourth-order valence-electron chi connectivity index (χ4n) is 1.54. The average Bonchev–Trinajstić information content (AvgIpc) is 2.40. The Kier molecular flexibility index (Phi) is 4.16. The van der Waals surface area contributed by atoms with E-state index in [1.807, 2.05) is 30.3 Å². The quantitative estimate of drug-likeness (QED) is 0.928. The molecule has 0 spiro atoms. The predicted octanol–water partition coefficient (Wildman–Crippen LogP) is 3.87. The maximum absolute atomic E-state index is 13.7. The lowest BCUT2D eigenvalue weighted by atomic mass is 10.2. The molecule has 3 nitrogen and oxygen atoms in total. The second-order valence-corrected chi connectivity index (χ2v) is 4.70. The fraction of sp³-hybridized carbons (Fsp3) is 0.0714. The Morgan fingerprint density at radius 2 is 1.95 bits per heavy atom. The molecular weight excluding hydrogens is 315 g/mol. The summed E-state index contributed by atoms with van der Waals surface area (Å²) < 4.78 is 19.3. The van der Waals surface area contributed by atoms with Crippen LogP contribution in [0.2, 0.25) is 0 Å². The molecule has 0 bridgehead atoms. The van der Waals surface area contributed by atoms with Crippen molar-refractivity contribution in [2.45, 2.75) is 6.61 Å². The Morgan fingerprint density at radius 3 is 2.58 bits per heavy atom. The average molecular weight is 325 g/mol. The van der Waals surface area contributed by atoms with Crippen LogP contribution in [0.1, 0.15) is 15.9 Å². The second-order valence-electron chi connectivity index (χ2n) is 3.84. The Labute approximate surface area is 117 Å². The number of carboxylic acids is 1. The third-order valence-electron chi connectivity index (χ3n) is 2.49. The highest BCUT2D eigenvalue weighted by atomic mass is 79.9. The van der Waals surface area contributed by atoms with Gasteiger partial charge in [-0.05, 0) is 33.6 Å². The molecule has 2 aromatic carbocycles. The minimum absolute atomic E-state index is 0.0146. The van der Waals surface area contributed by atoms with Crippen molar-refractivity contribution in [1.29, 1.82) is 0 Å². The van der Waals surface area contributed by atoms with Gasteiger partial charge in [-0.3, -0.25) is 0 Å². The number of rotatable bonds is 4. The molecule has 2 aromatic rings. The van der Waals surface area contributed by atoms with E-state index in [-0.39, 0.29) is 22.4 Å². The molecule has 0 amide bonds. The molecule has 0 heterocycles. The summed E-state index contributed by atoms with van der Waals surface area (Å²) in [5.41, 5.74) is 0.768. The molecule has 0 aromatic heterocycles. The molecule has 2 rings (SSSR count). The summed E-state index contributed by atoms with van der Waals surface area (Å²) in [6.07, 6.45) is 0. The minimum Gasteiger partial charge on any atom is -0.486 e. The van der Waals surface area contributed by atoms with Crippen molar-refractivity contribution in [1.82, 2.24) is 0 Å². The van der Waals surface area contributed by atoms with Crippen LogP contribution in [0.4, 0.5) is 4.39 Å². The van der Waals surface area contributed by atoms with Gasteiger partial charge in [0.05, 0.1) is 5.56 Å². The number of benzene rings is 2. The number of hydrogen-bond acceptors (Lipinski definition) is 2. The van der Waals surface area contributed by atoms with E-state index in [9.17, 15) is 9.18 Å². The van der Waals surface area contributed by atoms with Crippen molar-refractivity contribution in [3.8, 4) is 5.75 Å². The molecule has 0 atom stereocenters. The molecule has 98 valence electrons. The smallest absolute Gasteiger partial charge is 0.336 e. The van der Waals surface area contributed by atoms with Crippen LogP contribution in [0.3, 0.4) is 0 Å². The van der Waals surface area contributed by atoms with Crippen molar-refractivity contribution in [2.24, 2.45) is 0 Å². The first-order valence-electron chi connectivity index (χ1n) is 5.47. The van der Waals surface area contributed by atoms with E-state index in [4.69, 9.17) is 9.84 Å². The van der Waals surface area contributed by atoms with Gasteiger partial charge in [0.1, 0.15) is 6.61 Å². The van der Waals surface area contributed by atoms with E-state index in [1.165, 1.54) is 6.07 Å². The zero-order valence-electron chi connectivity index (χ0n) is 9.77. The van der Waals surface area contributed by atoms with E-state index < -0.39 is 11.8 Å². The number of ether oxygens (including phenoxy) is 1. The Bertz CT molecular complexity index is 599. The van der Waals surface area contributed by atoms with E-state index in [0.29, 0.717) is 0 Å². The first-order chi connectivity index (χ1) is 9.08. The third-order valence-corrected chi connectivity index (χ3v) is 3.15. The lowest BCUT2D eigenvalue weighted by Crippen LogP contribution is -2.02. The predicted molar refractivity (Wildman–Crippen MR) is 71.8 cm³/mol. The standard InChI is InChI=1S/C14H10BrFO3/c15-11-7-13(12(16)6-10(11)14(17)18)19-8-9-4-2-1-3-5-9/h1-7H,8H2,(H,17,18). The van der Waals surface area contributed by atoms with E-state index in [2.05, 4.69) is 15.9 Å². The van der Waals surface area contributed by atoms with Crippen molar-refractivity contribution >= 4 is 21.9 Å². The molecule has 0 fully saturated rings. The van der Waals surface area contributed by atoms with Gasteiger partial charge in [-0.25, -0.2) is 9.18 Å². The van der Waals surface area contributed by atoms with Gasteiger partial charge in [0.2, 0.25) is 0 Å². The Hall–Kier alpha value is -1.88. The number of halogens is 2. The molecule has 0 aliphatic rings. The van der Waals surface area contributed by atoms with Crippen LogP contribution in [-0.2, 0) is 6.61 Å². The molecule has 5 heteroatoms. The van der Waals surface area contributed by atoms with Crippen LogP contribution in [0.25, 0.3) is 0 Å². The summed E-state index contributed by atoms with van der Waals surface area (Å²) >= 11 is 3.08. The highest BCUT2D eigenvalue weighted by Crippen LogP contribution is 2.27. The fourth-order valence-corrected chi connectivity index (χ4v) is 2.03. The number of carbonyl (C=O) groups is 1. The number of carboxylic acid groups (broad SMARTS) is 1. The first-order valence-corrected chi connectivity index (χ1v) is 6.26. The minimum atomic E-state index is -1.19. The maximum atomic E-state index is 13.7. The summed E-state index contributed by atoms with van der Waals surface area (Å²) in [6, 6.07) is 11.6. The van der Waals surface area contributed by atoms with Crippen molar-refractivity contribution in [3.63, 3.8) is 0 Å². The van der Waals surface area contributed by atoms with Crippen molar-refractivity contribution in [2.75, 3.05) is 0 Å². The number of hydrogen-bond donors (Lipinski definition) is 1. The van der Waals surface area contributed by atoms with Gasteiger partial charge < -0.3 is 9.84 Å². The molecule has 0 unspecified atom stereocenters. The summed E-state index contributed by atoms with van der Waals surface area (Å²) in [5, 5.41) is 8.85. The summed E-state index contributed by atoms with van der Waals surface area (Å²) in [6.45, 7) is 0.219. The Morgan fingerprint density at radius 1 is 1.26 bits per heavy atom. The molecule has 0 saturated carbocycles. The summed E-state index contributed by atoms with van der Waals surface area (Å²) in [7, 11) is 0. The van der Waals surface area contributed by atoms with Gasteiger partial charge in [0.25, 0.3) is 0 Å². The monoisotopic (exact) mass is 324 g/mol. The largest absolute Gasteiger partial charge is 0.486 e. The molecule has 0 radical (unpaired) electrons. The van der Waals surface area contributed by atoms with E-state index in [1.54, 1.807) is 0 Å². The highest BCUT2D eigenvalue weighted by molar-refractivity contribution is 9.10. The molecular formula is C14H10BrFO3. The van der Waals surface area contributed by atoms with Crippen molar-refractivity contribution in [3.05, 3.63) is 63.9 Å². The lowest BCUT2D eigenvalue weighted by molar-refractivity contribution is 0.0695. The summed E-state index contributed by atoms with van der Waals surface area (Å²) in [5.74, 6) is -1.88. The maximum Gasteiger partial charge on any atom is 0.336 e. The van der Waals surface area contributed by atoms with Crippen LogP contribution < -0.4 is 4.74 Å². The summed E-state index contributed by atoms with van der Waals surface area (Å²) in [4.78, 5) is 10.8. The van der Waals surface area contributed by atoms with Gasteiger partial charge >= 0.3 is 5.97 Å². The topological polar surface area (TPSA) is 46.5 Å². The SMILES string of the molecule is O=C(O)c1cc(F)c(OCc2ccccc2)cc1Br. The highest BCUT2D eigenvalue weighted by Gasteiger charge is 2.14.